The van der Waals surface area contributed by atoms with Gasteiger partial charge in [0.05, 0.1) is 12.2 Å². The average molecular weight is 386 g/mol. The summed E-state index contributed by atoms with van der Waals surface area (Å²) >= 11 is 5.50. The number of sulfonamides is 1. The van der Waals surface area contributed by atoms with Crippen LogP contribution in [0.3, 0.4) is 0 Å². The number of carbonyl (C=O) groups is 2. The summed E-state index contributed by atoms with van der Waals surface area (Å²) in [7, 11) is -3.14. The third kappa shape index (κ3) is 3.96. The maximum Gasteiger partial charge on any atom is 0.227 e. The molecule has 1 atom stereocenters. The molecule has 25 heavy (non-hydrogen) atoms. The molecule has 0 saturated carbocycles. The van der Waals surface area contributed by atoms with Crippen molar-refractivity contribution in [3.63, 3.8) is 0 Å². The van der Waals surface area contributed by atoms with E-state index in [0.29, 0.717) is 32.7 Å². The van der Waals surface area contributed by atoms with Gasteiger partial charge in [0, 0.05) is 50.5 Å². The number of amides is 1. The number of benzene rings is 1. The van der Waals surface area contributed by atoms with Gasteiger partial charge in [0.25, 0.3) is 0 Å². The molecule has 1 unspecified atom stereocenters. The molecule has 2 aliphatic heterocycles. The Hall–Kier alpha value is -1.64. The Morgan fingerprint density at radius 1 is 1.08 bits per heavy atom. The van der Waals surface area contributed by atoms with Crippen molar-refractivity contribution in [1.82, 2.24) is 4.31 Å². The number of piperazine rings is 1. The monoisotopic (exact) mass is 385 g/mol. The van der Waals surface area contributed by atoms with Gasteiger partial charge in [-0.15, -0.1) is 0 Å². The Morgan fingerprint density at radius 3 is 2.12 bits per heavy atom. The lowest BCUT2D eigenvalue weighted by Crippen LogP contribution is -2.48. The van der Waals surface area contributed by atoms with E-state index in [2.05, 4.69) is 4.90 Å². The van der Waals surface area contributed by atoms with Crippen molar-refractivity contribution in [1.29, 1.82) is 0 Å². The molecule has 1 amide bonds. The minimum atomic E-state index is -3.14. The highest BCUT2D eigenvalue weighted by Gasteiger charge is 2.34. The quantitative estimate of drug-likeness (QED) is 0.719. The van der Waals surface area contributed by atoms with Crippen LogP contribution in [0.25, 0.3) is 0 Å². The van der Waals surface area contributed by atoms with Gasteiger partial charge in [-0.1, -0.05) is 0 Å². The van der Waals surface area contributed by atoms with E-state index in [1.165, 1.54) is 10.6 Å². The standard InChI is InChI=1S/C16H20ClN3O4S/c1-25(23,24)19-8-6-18(7-9-19)13-2-4-14(5-3-13)20-11-12(16(17)22)10-15(20)21/h2-5,12H,6-11H2,1H3. The van der Waals surface area contributed by atoms with E-state index in [1.807, 2.05) is 24.3 Å². The summed E-state index contributed by atoms with van der Waals surface area (Å²) in [6, 6.07) is 7.51. The number of hydrogen-bond acceptors (Lipinski definition) is 5. The zero-order chi connectivity index (χ0) is 18.2. The van der Waals surface area contributed by atoms with Crippen LogP contribution in [-0.4, -0.2) is 62.9 Å². The van der Waals surface area contributed by atoms with Crippen LogP contribution in [0.15, 0.2) is 24.3 Å². The molecule has 0 N–H and O–H groups in total. The molecule has 1 aromatic carbocycles. The summed E-state index contributed by atoms with van der Waals surface area (Å²) in [6.45, 7) is 2.48. The zero-order valence-electron chi connectivity index (χ0n) is 13.9. The molecule has 2 saturated heterocycles. The fourth-order valence-corrected chi connectivity index (χ4v) is 4.20. The van der Waals surface area contributed by atoms with Crippen LogP contribution in [-0.2, 0) is 19.6 Å². The van der Waals surface area contributed by atoms with Gasteiger partial charge < -0.3 is 9.80 Å². The molecule has 0 radical (unpaired) electrons. The number of hydrogen-bond donors (Lipinski definition) is 0. The van der Waals surface area contributed by atoms with Gasteiger partial charge >= 0.3 is 0 Å². The fraction of sp³-hybridized carbons (Fsp3) is 0.500. The van der Waals surface area contributed by atoms with E-state index in [9.17, 15) is 18.0 Å². The number of rotatable bonds is 4. The first-order valence-electron chi connectivity index (χ1n) is 8.05. The van der Waals surface area contributed by atoms with Crippen molar-refractivity contribution in [3.8, 4) is 0 Å². The molecule has 2 aliphatic rings. The molecule has 136 valence electrons. The molecule has 3 rings (SSSR count). The average Bonchev–Trinajstić information content (AvgIpc) is 2.96. The molecule has 0 aliphatic carbocycles. The lowest BCUT2D eigenvalue weighted by Gasteiger charge is -2.34. The van der Waals surface area contributed by atoms with Gasteiger partial charge in [0.15, 0.2) is 0 Å². The maximum atomic E-state index is 12.0. The predicted octanol–water partition coefficient (Wildman–Crippen LogP) is 0.886. The Morgan fingerprint density at radius 2 is 1.64 bits per heavy atom. The van der Waals surface area contributed by atoms with E-state index in [1.54, 1.807) is 4.90 Å². The van der Waals surface area contributed by atoms with Crippen molar-refractivity contribution in [2.75, 3.05) is 48.8 Å². The van der Waals surface area contributed by atoms with Gasteiger partial charge in [-0.05, 0) is 35.9 Å². The summed E-state index contributed by atoms with van der Waals surface area (Å²) in [4.78, 5) is 27.0. The SMILES string of the molecule is CS(=O)(=O)N1CCN(c2ccc(N3CC(C(=O)Cl)CC3=O)cc2)CC1. The second kappa shape index (κ2) is 6.93. The van der Waals surface area contributed by atoms with Crippen LogP contribution in [0, 0.1) is 5.92 Å². The molecule has 0 aromatic heterocycles. The van der Waals surface area contributed by atoms with Crippen molar-refractivity contribution < 1.29 is 18.0 Å². The van der Waals surface area contributed by atoms with Crippen LogP contribution in [0.5, 0.6) is 0 Å². The zero-order valence-corrected chi connectivity index (χ0v) is 15.5. The number of halogens is 1. The van der Waals surface area contributed by atoms with Crippen molar-refractivity contribution >= 4 is 44.1 Å². The van der Waals surface area contributed by atoms with Crippen molar-refractivity contribution in [2.45, 2.75) is 6.42 Å². The van der Waals surface area contributed by atoms with Crippen molar-refractivity contribution in [2.24, 2.45) is 5.92 Å². The normalized spacial score (nSPS) is 22.5. The third-order valence-corrected chi connectivity index (χ3v) is 6.29. The van der Waals surface area contributed by atoms with Gasteiger partial charge in [0.1, 0.15) is 0 Å². The highest BCUT2D eigenvalue weighted by Crippen LogP contribution is 2.28. The largest absolute Gasteiger partial charge is 0.369 e. The molecule has 1 aromatic rings. The van der Waals surface area contributed by atoms with E-state index in [0.717, 1.165) is 11.4 Å². The molecule has 0 bridgehead atoms. The van der Waals surface area contributed by atoms with Gasteiger partial charge in [-0.2, -0.15) is 4.31 Å². The number of nitrogens with zero attached hydrogens (tertiary/aromatic N) is 3. The highest BCUT2D eigenvalue weighted by atomic mass is 35.5. The molecule has 2 fully saturated rings. The minimum absolute atomic E-state index is 0.103. The summed E-state index contributed by atoms with van der Waals surface area (Å²) < 4.78 is 24.6. The van der Waals surface area contributed by atoms with E-state index < -0.39 is 21.2 Å². The first-order chi connectivity index (χ1) is 11.8. The predicted molar refractivity (Wildman–Crippen MR) is 96.4 cm³/mol. The first-order valence-corrected chi connectivity index (χ1v) is 10.3. The minimum Gasteiger partial charge on any atom is -0.369 e. The fourth-order valence-electron chi connectivity index (χ4n) is 3.23. The van der Waals surface area contributed by atoms with Gasteiger partial charge in [-0.25, -0.2) is 8.42 Å². The van der Waals surface area contributed by atoms with E-state index in [-0.39, 0.29) is 12.3 Å². The van der Waals surface area contributed by atoms with Crippen LogP contribution >= 0.6 is 11.6 Å². The second-order valence-electron chi connectivity index (χ2n) is 6.37. The Kier molecular flexibility index (Phi) is 5.04. The maximum absolute atomic E-state index is 12.0. The molecule has 2 heterocycles. The summed E-state index contributed by atoms with van der Waals surface area (Å²) in [6.07, 6.45) is 1.38. The van der Waals surface area contributed by atoms with Gasteiger partial charge in [0.2, 0.25) is 21.2 Å². The summed E-state index contributed by atoms with van der Waals surface area (Å²) in [5, 5.41) is -0.476. The van der Waals surface area contributed by atoms with Gasteiger partial charge in [-0.3, -0.25) is 9.59 Å². The van der Waals surface area contributed by atoms with Crippen LogP contribution in [0.1, 0.15) is 6.42 Å². The highest BCUT2D eigenvalue weighted by molar-refractivity contribution is 7.88. The van der Waals surface area contributed by atoms with Crippen LogP contribution in [0.4, 0.5) is 11.4 Å². The van der Waals surface area contributed by atoms with Crippen LogP contribution in [0.2, 0.25) is 0 Å². The molecular weight excluding hydrogens is 366 g/mol. The molecule has 0 spiro atoms. The number of anilines is 2. The van der Waals surface area contributed by atoms with Crippen molar-refractivity contribution in [3.05, 3.63) is 24.3 Å². The third-order valence-electron chi connectivity index (χ3n) is 4.68. The van der Waals surface area contributed by atoms with E-state index in [4.69, 9.17) is 11.6 Å². The molecule has 9 heteroatoms. The number of carbonyl (C=O) groups excluding carboxylic acids is 2. The van der Waals surface area contributed by atoms with Crippen LogP contribution < -0.4 is 9.80 Å². The Labute approximate surface area is 152 Å². The molecule has 7 nitrogen and oxygen atoms in total. The Balaban J connectivity index is 1.66. The van der Waals surface area contributed by atoms with E-state index >= 15 is 0 Å². The summed E-state index contributed by atoms with van der Waals surface area (Å²) in [5.74, 6) is -0.550. The lowest BCUT2D eigenvalue weighted by molar-refractivity contribution is -0.120. The Bertz CT molecular complexity index is 773. The topological polar surface area (TPSA) is 78.0 Å². The smallest absolute Gasteiger partial charge is 0.227 e. The first kappa shape index (κ1) is 18.2. The molecular formula is C16H20ClN3O4S. The lowest BCUT2D eigenvalue weighted by atomic mass is 10.1. The second-order valence-corrected chi connectivity index (χ2v) is 8.73. The summed E-state index contributed by atoms with van der Waals surface area (Å²) in [5.41, 5.74) is 1.72.